The minimum absolute atomic E-state index is 0.548. The smallest absolute Gasteiger partial charge is 0.0485 e. The Kier molecular flexibility index (Phi) is 3.59. The highest BCUT2D eigenvalue weighted by atomic mass is 16.5. The highest BCUT2D eigenvalue weighted by Gasteiger charge is 2.12. The fraction of sp³-hybridized carbons (Fsp3) is 0.500. The Morgan fingerprint density at radius 1 is 1.33 bits per heavy atom. The molecule has 0 radical (unpaired) electrons. The Hall–Kier alpha value is -1.06. The van der Waals surface area contributed by atoms with E-state index in [9.17, 15) is 0 Å². The molecule has 0 aromatic heterocycles. The quantitative estimate of drug-likeness (QED) is 0.792. The van der Waals surface area contributed by atoms with E-state index in [1.54, 1.807) is 0 Å². The Balaban J connectivity index is 1.96. The molecule has 0 saturated carbocycles. The fourth-order valence-electron chi connectivity index (χ4n) is 1.87. The lowest BCUT2D eigenvalue weighted by Gasteiger charge is -2.24. The van der Waals surface area contributed by atoms with Gasteiger partial charge in [0.25, 0.3) is 0 Å². The van der Waals surface area contributed by atoms with Crippen LogP contribution < -0.4 is 11.1 Å². The van der Waals surface area contributed by atoms with Crippen LogP contribution in [0.2, 0.25) is 0 Å². The first-order chi connectivity index (χ1) is 7.38. The van der Waals surface area contributed by atoms with Crippen molar-refractivity contribution in [1.82, 2.24) is 0 Å². The van der Waals surface area contributed by atoms with Gasteiger partial charge in [-0.3, -0.25) is 0 Å². The van der Waals surface area contributed by atoms with Crippen molar-refractivity contribution < 1.29 is 4.74 Å². The van der Waals surface area contributed by atoms with Crippen LogP contribution in [0.3, 0.4) is 0 Å². The second kappa shape index (κ2) is 5.14. The Morgan fingerprint density at radius 2 is 2.13 bits per heavy atom. The van der Waals surface area contributed by atoms with Gasteiger partial charge in [-0.1, -0.05) is 12.1 Å². The van der Waals surface area contributed by atoms with Crippen LogP contribution >= 0.6 is 0 Å². The van der Waals surface area contributed by atoms with E-state index in [4.69, 9.17) is 10.5 Å². The molecule has 1 saturated heterocycles. The minimum atomic E-state index is 0.548. The third-order valence-electron chi connectivity index (χ3n) is 2.75. The lowest BCUT2D eigenvalue weighted by molar-refractivity contribution is 0.0904. The van der Waals surface area contributed by atoms with Crippen LogP contribution in [0.1, 0.15) is 18.4 Å². The van der Waals surface area contributed by atoms with Gasteiger partial charge >= 0.3 is 0 Å². The molecule has 1 aromatic carbocycles. The Bertz CT molecular complexity index is 308. The van der Waals surface area contributed by atoms with Crippen LogP contribution in [0.25, 0.3) is 0 Å². The largest absolute Gasteiger partial charge is 0.382 e. The van der Waals surface area contributed by atoms with Gasteiger partial charge in [-0.25, -0.2) is 0 Å². The number of nitrogens with one attached hydrogen (secondary N) is 1. The lowest BCUT2D eigenvalue weighted by Crippen LogP contribution is -2.27. The topological polar surface area (TPSA) is 47.3 Å². The summed E-state index contributed by atoms with van der Waals surface area (Å²) >= 11 is 0. The summed E-state index contributed by atoms with van der Waals surface area (Å²) in [7, 11) is 0. The average Bonchev–Trinajstić information content (AvgIpc) is 2.31. The Morgan fingerprint density at radius 3 is 2.87 bits per heavy atom. The van der Waals surface area contributed by atoms with E-state index in [1.165, 1.54) is 11.3 Å². The van der Waals surface area contributed by atoms with Gasteiger partial charge in [0.15, 0.2) is 0 Å². The van der Waals surface area contributed by atoms with Crippen molar-refractivity contribution in [3.8, 4) is 0 Å². The van der Waals surface area contributed by atoms with Gasteiger partial charge in [0, 0.05) is 31.5 Å². The normalized spacial score (nSPS) is 17.7. The number of hydrogen-bond acceptors (Lipinski definition) is 3. The molecule has 0 amide bonds. The van der Waals surface area contributed by atoms with Crippen LogP contribution in [-0.4, -0.2) is 19.3 Å². The highest BCUT2D eigenvalue weighted by molar-refractivity contribution is 5.46. The zero-order valence-corrected chi connectivity index (χ0v) is 8.91. The number of ether oxygens (including phenoxy) is 1. The van der Waals surface area contributed by atoms with Crippen LogP contribution in [0, 0.1) is 0 Å². The predicted molar refractivity (Wildman–Crippen MR) is 61.8 cm³/mol. The van der Waals surface area contributed by atoms with Crippen molar-refractivity contribution in [3.63, 3.8) is 0 Å². The maximum absolute atomic E-state index is 5.60. The van der Waals surface area contributed by atoms with E-state index in [1.807, 2.05) is 6.07 Å². The molecule has 3 N–H and O–H groups in total. The molecule has 15 heavy (non-hydrogen) atoms. The van der Waals surface area contributed by atoms with E-state index >= 15 is 0 Å². The van der Waals surface area contributed by atoms with E-state index in [2.05, 4.69) is 23.5 Å². The molecular formula is C12H18N2O. The van der Waals surface area contributed by atoms with E-state index in [-0.39, 0.29) is 0 Å². The van der Waals surface area contributed by atoms with E-state index in [0.29, 0.717) is 12.6 Å². The fourth-order valence-corrected chi connectivity index (χ4v) is 1.87. The van der Waals surface area contributed by atoms with Crippen molar-refractivity contribution in [1.29, 1.82) is 0 Å². The number of hydrogen-bond donors (Lipinski definition) is 2. The first-order valence-electron chi connectivity index (χ1n) is 5.52. The van der Waals surface area contributed by atoms with E-state index in [0.717, 1.165) is 26.1 Å². The second-order valence-electron chi connectivity index (χ2n) is 3.94. The predicted octanol–water partition coefficient (Wildman–Crippen LogP) is 1.74. The summed E-state index contributed by atoms with van der Waals surface area (Å²) in [5, 5.41) is 3.52. The summed E-state index contributed by atoms with van der Waals surface area (Å²) in [6.45, 7) is 2.34. The van der Waals surface area contributed by atoms with E-state index < -0.39 is 0 Å². The molecule has 0 bridgehead atoms. The number of rotatable bonds is 3. The molecule has 0 spiro atoms. The Labute approximate surface area is 90.6 Å². The van der Waals surface area contributed by atoms with Gasteiger partial charge < -0.3 is 15.8 Å². The summed E-state index contributed by atoms with van der Waals surface area (Å²) in [5.41, 5.74) is 7.95. The van der Waals surface area contributed by atoms with Gasteiger partial charge in [0.2, 0.25) is 0 Å². The zero-order chi connectivity index (χ0) is 10.5. The maximum Gasteiger partial charge on any atom is 0.0485 e. The molecule has 2 rings (SSSR count). The van der Waals surface area contributed by atoms with Gasteiger partial charge in [-0.2, -0.15) is 0 Å². The minimum Gasteiger partial charge on any atom is -0.382 e. The number of benzene rings is 1. The average molecular weight is 206 g/mol. The molecule has 1 aliphatic rings. The van der Waals surface area contributed by atoms with Crippen LogP contribution in [0.4, 0.5) is 5.69 Å². The zero-order valence-electron chi connectivity index (χ0n) is 8.91. The monoisotopic (exact) mass is 206 g/mol. The molecule has 0 atom stereocenters. The molecule has 1 heterocycles. The molecule has 82 valence electrons. The maximum atomic E-state index is 5.60. The summed E-state index contributed by atoms with van der Waals surface area (Å²) < 4.78 is 5.32. The first kappa shape index (κ1) is 10.5. The van der Waals surface area contributed by atoms with Crippen molar-refractivity contribution >= 4 is 5.69 Å². The van der Waals surface area contributed by atoms with Gasteiger partial charge in [0.1, 0.15) is 0 Å². The number of anilines is 1. The molecule has 1 aliphatic heterocycles. The third-order valence-corrected chi connectivity index (χ3v) is 2.75. The lowest BCUT2D eigenvalue weighted by atomic mass is 10.1. The highest BCUT2D eigenvalue weighted by Crippen LogP contribution is 2.16. The second-order valence-corrected chi connectivity index (χ2v) is 3.94. The first-order valence-corrected chi connectivity index (χ1v) is 5.52. The molecule has 3 heteroatoms. The molecule has 0 unspecified atom stereocenters. The summed E-state index contributed by atoms with van der Waals surface area (Å²) in [6.07, 6.45) is 2.18. The van der Waals surface area contributed by atoms with Crippen LogP contribution in [-0.2, 0) is 11.3 Å². The molecule has 1 fully saturated rings. The summed E-state index contributed by atoms with van der Waals surface area (Å²) in [4.78, 5) is 0. The van der Waals surface area contributed by atoms with Gasteiger partial charge in [0.05, 0.1) is 0 Å². The molecular weight excluding hydrogens is 188 g/mol. The van der Waals surface area contributed by atoms with Crippen LogP contribution in [0.5, 0.6) is 0 Å². The summed E-state index contributed by atoms with van der Waals surface area (Å²) in [5.74, 6) is 0. The third kappa shape index (κ3) is 2.94. The van der Waals surface area contributed by atoms with Crippen molar-refractivity contribution in [2.24, 2.45) is 5.73 Å². The van der Waals surface area contributed by atoms with Crippen LogP contribution in [0.15, 0.2) is 24.3 Å². The molecule has 3 nitrogen and oxygen atoms in total. The van der Waals surface area contributed by atoms with Crippen molar-refractivity contribution in [3.05, 3.63) is 29.8 Å². The number of nitrogens with two attached hydrogens (primary N) is 1. The summed E-state index contributed by atoms with van der Waals surface area (Å²) in [6, 6.07) is 8.86. The van der Waals surface area contributed by atoms with Crippen molar-refractivity contribution in [2.45, 2.75) is 25.4 Å². The molecule has 0 aliphatic carbocycles. The molecule has 1 aromatic rings. The SMILES string of the molecule is NCc1cccc(NC2CCOCC2)c1. The van der Waals surface area contributed by atoms with Gasteiger partial charge in [-0.15, -0.1) is 0 Å². The van der Waals surface area contributed by atoms with Gasteiger partial charge in [-0.05, 0) is 30.5 Å². The van der Waals surface area contributed by atoms with Crippen molar-refractivity contribution in [2.75, 3.05) is 18.5 Å². The standard InChI is InChI=1S/C12H18N2O/c13-9-10-2-1-3-12(8-10)14-11-4-6-15-7-5-11/h1-3,8,11,14H,4-7,9,13H2.